The number of hydrogen-bond donors (Lipinski definition) is 0. The zero-order valence-electron chi connectivity index (χ0n) is 14.4. The van der Waals surface area contributed by atoms with Crippen LogP contribution in [0.15, 0.2) is 37.1 Å². The standard InChI is InChI=1S/C17H21N7O/c1-21-12-18-20-15(21)13-6-5-9-24(11-13)17(25)14-10-19-22(2)16(14)23-7-3-4-8-23/h3-4,7-8,10,12-13H,5-6,9,11H2,1-2H3. The monoisotopic (exact) mass is 339 g/mol. The number of aryl methyl sites for hydroxylation is 2. The molecule has 1 aliphatic rings. The molecule has 0 aliphatic carbocycles. The van der Waals surface area contributed by atoms with Crippen LogP contribution in [0.4, 0.5) is 0 Å². The van der Waals surface area contributed by atoms with Crippen LogP contribution >= 0.6 is 0 Å². The first kappa shape index (κ1) is 15.6. The normalized spacial score (nSPS) is 17.8. The van der Waals surface area contributed by atoms with E-state index in [-0.39, 0.29) is 11.8 Å². The van der Waals surface area contributed by atoms with E-state index >= 15 is 0 Å². The first-order chi connectivity index (χ1) is 12.1. The van der Waals surface area contributed by atoms with Gasteiger partial charge < -0.3 is 14.0 Å². The molecule has 0 bridgehead atoms. The minimum absolute atomic E-state index is 0.0173. The third-order valence-corrected chi connectivity index (χ3v) is 4.81. The van der Waals surface area contributed by atoms with Crippen molar-refractivity contribution in [2.75, 3.05) is 13.1 Å². The number of hydrogen-bond acceptors (Lipinski definition) is 4. The maximum absolute atomic E-state index is 13.1. The van der Waals surface area contributed by atoms with Crippen LogP contribution in [-0.2, 0) is 14.1 Å². The second kappa shape index (κ2) is 6.19. The van der Waals surface area contributed by atoms with E-state index in [9.17, 15) is 4.79 Å². The molecule has 25 heavy (non-hydrogen) atoms. The van der Waals surface area contributed by atoms with Gasteiger partial charge in [0.15, 0.2) is 0 Å². The quantitative estimate of drug-likeness (QED) is 0.722. The van der Waals surface area contributed by atoms with Crippen LogP contribution in [0.2, 0.25) is 0 Å². The van der Waals surface area contributed by atoms with Gasteiger partial charge in [0.2, 0.25) is 0 Å². The Bertz CT molecular complexity index is 877. The molecule has 8 heteroatoms. The summed E-state index contributed by atoms with van der Waals surface area (Å²) in [6, 6.07) is 3.87. The summed E-state index contributed by atoms with van der Waals surface area (Å²) in [6.07, 6.45) is 9.19. The maximum atomic E-state index is 13.1. The Hall–Kier alpha value is -2.90. The van der Waals surface area contributed by atoms with E-state index in [0.29, 0.717) is 12.1 Å². The highest BCUT2D eigenvalue weighted by Crippen LogP contribution is 2.27. The lowest BCUT2D eigenvalue weighted by Gasteiger charge is -2.32. The van der Waals surface area contributed by atoms with Crippen molar-refractivity contribution < 1.29 is 4.79 Å². The van der Waals surface area contributed by atoms with Crippen molar-refractivity contribution in [3.05, 3.63) is 48.4 Å². The zero-order valence-corrected chi connectivity index (χ0v) is 14.4. The van der Waals surface area contributed by atoms with E-state index in [1.54, 1.807) is 17.2 Å². The van der Waals surface area contributed by atoms with Crippen LogP contribution in [0.5, 0.6) is 0 Å². The fraction of sp³-hybridized carbons (Fsp3) is 0.412. The average molecular weight is 339 g/mol. The number of rotatable bonds is 3. The van der Waals surface area contributed by atoms with Crippen LogP contribution in [0.1, 0.15) is 34.9 Å². The topological polar surface area (TPSA) is 73.8 Å². The summed E-state index contributed by atoms with van der Waals surface area (Å²) in [7, 11) is 3.80. The minimum Gasteiger partial charge on any atom is -0.338 e. The molecule has 0 N–H and O–H groups in total. The molecule has 0 spiro atoms. The van der Waals surface area contributed by atoms with Crippen LogP contribution < -0.4 is 0 Å². The molecule has 0 aromatic carbocycles. The van der Waals surface area contributed by atoms with Crippen LogP contribution in [0.3, 0.4) is 0 Å². The molecule has 1 atom stereocenters. The van der Waals surface area contributed by atoms with Crippen LogP contribution in [0, 0.1) is 0 Å². The molecule has 3 aromatic heterocycles. The largest absolute Gasteiger partial charge is 0.338 e. The lowest BCUT2D eigenvalue weighted by Crippen LogP contribution is -2.40. The maximum Gasteiger partial charge on any atom is 0.259 e. The molecule has 3 aromatic rings. The van der Waals surface area contributed by atoms with Crippen molar-refractivity contribution in [3.8, 4) is 5.82 Å². The second-order valence-corrected chi connectivity index (χ2v) is 6.49. The molecule has 1 aliphatic heterocycles. The molecule has 1 amide bonds. The van der Waals surface area contributed by atoms with Gasteiger partial charge >= 0.3 is 0 Å². The van der Waals surface area contributed by atoms with E-state index in [1.165, 1.54) is 0 Å². The SMILES string of the molecule is Cn1cnnc1C1CCCN(C(=O)c2cnn(C)c2-n2cccc2)C1. The molecule has 1 fully saturated rings. The number of aromatic nitrogens is 6. The van der Waals surface area contributed by atoms with Gasteiger partial charge in [-0.15, -0.1) is 10.2 Å². The molecular formula is C17H21N7O. The predicted octanol–water partition coefficient (Wildman–Crippen LogP) is 1.36. The summed E-state index contributed by atoms with van der Waals surface area (Å²) < 4.78 is 5.59. The number of nitrogens with zero attached hydrogens (tertiary/aromatic N) is 7. The van der Waals surface area contributed by atoms with E-state index in [4.69, 9.17) is 0 Å². The Morgan fingerprint density at radius 3 is 2.76 bits per heavy atom. The summed E-state index contributed by atoms with van der Waals surface area (Å²) in [5.41, 5.74) is 0.623. The van der Waals surface area contributed by atoms with Crippen LogP contribution in [-0.4, -0.2) is 53.0 Å². The van der Waals surface area contributed by atoms with Gasteiger partial charge in [0, 0.05) is 45.5 Å². The Morgan fingerprint density at radius 1 is 1.24 bits per heavy atom. The van der Waals surface area contributed by atoms with Crippen molar-refractivity contribution in [2.24, 2.45) is 14.1 Å². The number of carbonyl (C=O) groups is 1. The summed E-state index contributed by atoms with van der Waals surface area (Å²) >= 11 is 0. The van der Waals surface area contributed by atoms with Gasteiger partial charge in [-0.2, -0.15) is 5.10 Å². The third kappa shape index (κ3) is 2.73. The Balaban J connectivity index is 1.60. The van der Waals surface area contributed by atoms with E-state index in [0.717, 1.165) is 31.0 Å². The molecule has 8 nitrogen and oxygen atoms in total. The van der Waals surface area contributed by atoms with Gasteiger partial charge in [-0.3, -0.25) is 9.48 Å². The van der Waals surface area contributed by atoms with Crippen molar-refractivity contribution in [3.63, 3.8) is 0 Å². The first-order valence-electron chi connectivity index (χ1n) is 8.43. The highest BCUT2D eigenvalue weighted by Gasteiger charge is 2.30. The summed E-state index contributed by atoms with van der Waals surface area (Å²) in [6.45, 7) is 1.42. The van der Waals surface area contributed by atoms with Crippen LogP contribution in [0.25, 0.3) is 5.82 Å². The zero-order chi connectivity index (χ0) is 17.4. The Labute approximate surface area is 145 Å². The Kier molecular flexibility index (Phi) is 3.87. The van der Waals surface area contributed by atoms with Gasteiger partial charge in [0.1, 0.15) is 23.5 Å². The second-order valence-electron chi connectivity index (χ2n) is 6.49. The third-order valence-electron chi connectivity index (χ3n) is 4.81. The summed E-state index contributed by atoms with van der Waals surface area (Å²) in [5, 5.41) is 12.5. The van der Waals surface area contributed by atoms with Crippen molar-refractivity contribution >= 4 is 5.91 Å². The van der Waals surface area contributed by atoms with Crippen molar-refractivity contribution in [1.29, 1.82) is 0 Å². The lowest BCUT2D eigenvalue weighted by atomic mass is 9.96. The molecular weight excluding hydrogens is 318 g/mol. The van der Waals surface area contributed by atoms with Gasteiger partial charge in [0.05, 0.1) is 6.20 Å². The molecule has 1 saturated heterocycles. The smallest absolute Gasteiger partial charge is 0.259 e. The van der Waals surface area contributed by atoms with Gasteiger partial charge in [0.25, 0.3) is 5.91 Å². The van der Waals surface area contributed by atoms with Crippen molar-refractivity contribution in [2.45, 2.75) is 18.8 Å². The Morgan fingerprint density at radius 2 is 2.04 bits per heavy atom. The van der Waals surface area contributed by atoms with Gasteiger partial charge in [-0.25, -0.2) is 0 Å². The first-order valence-corrected chi connectivity index (χ1v) is 8.43. The van der Waals surface area contributed by atoms with E-state index in [1.807, 2.05) is 52.7 Å². The van der Waals surface area contributed by atoms with Gasteiger partial charge in [-0.05, 0) is 25.0 Å². The fourth-order valence-electron chi connectivity index (χ4n) is 3.57. The number of piperidine rings is 1. The lowest BCUT2D eigenvalue weighted by molar-refractivity contribution is 0.0703. The van der Waals surface area contributed by atoms with E-state index in [2.05, 4.69) is 15.3 Å². The molecule has 4 rings (SSSR count). The molecule has 0 radical (unpaired) electrons. The predicted molar refractivity (Wildman–Crippen MR) is 91.4 cm³/mol. The molecule has 130 valence electrons. The van der Waals surface area contributed by atoms with Gasteiger partial charge in [-0.1, -0.05) is 0 Å². The highest BCUT2D eigenvalue weighted by atomic mass is 16.2. The average Bonchev–Trinajstić information content (AvgIpc) is 3.35. The summed E-state index contributed by atoms with van der Waals surface area (Å²) in [4.78, 5) is 15.1. The minimum atomic E-state index is 0.0173. The summed E-state index contributed by atoms with van der Waals surface area (Å²) in [5.74, 6) is 1.96. The van der Waals surface area contributed by atoms with Crippen molar-refractivity contribution in [1.82, 2.24) is 34.0 Å². The molecule has 0 saturated carbocycles. The fourth-order valence-corrected chi connectivity index (χ4v) is 3.57. The number of amides is 1. The highest BCUT2D eigenvalue weighted by molar-refractivity contribution is 5.97. The molecule has 4 heterocycles. The number of likely N-dealkylation sites (tertiary alicyclic amines) is 1. The van der Waals surface area contributed by atoms with E-state index < -0.39 is 0 Å². The number of carbonyl (C=O) groups excluding carboxylic acids is 1. The molecule has 1 unspecified atom stereocenters.